The molecule has 0 rings (SSSR count). The first kappa shape index (κ1) is 18.7. The third-order valence-electron chi connectivity index (χ3n) is 3.47. The van der Waals surface area contributed by atoms with Crippen molar-refractivity contribution in [3.05, 3.63) is 0 Å². The molecule has 116 valence electrons. The zero-order valence-electron chi connectivity index (χ0n) is 12.3. The molecule has 7 heteroatoms. The molecule has 0 spiro atoms. The maximum Gasteiger partial charge on any atom is 0.218 e. The van der Waals surface area contributed by atoms with Gasteiger partial charge in [-0.15, -0.1) is 0 Å². The summed E-state index contributed by atoms with van der Waals surface area (Å²) in [6.45, 7) is 5.70. The van der Waals surface area contributed by atoms with Crippen LogP contribution in [0.2, 0.25) is 0 Å². The largest absolute Gasteiger partial charge is 0.388 e. The van der Waals surface area contributed by atoms with E-state index in [1.165, 1.54) is 35.0 Å². The van der Waals surface area contributed by atoms with Crippen molar-refractivity contribution in [3.8, 4) is 0 Å². The van der Waals surface area contributed by atoms with Crippen LogP contribution in [0.1, 0.15) is 27.7 Å². The highest BCUT2D eigenvalue weighted by molar-refractivity contribution is 4.85. The van der Waals surface area contributed by atoms with Crippen molar-refractivity contribution in [2.45, 2.75) is 63.7 Å². The molecule has 0 fully saturated rings. The van der Waals surface area contributed by atoms with Crippen LogP contribution in [0.3, 0.4) is 0 Å². The Morgan fingerprint density at radius 3 is 1.63 bits per heavy atom. The molecule has 0 aromatic heterocycles. The number of aliphatic hydroxyl groups excluding tert-OH is 1. The summed E-state index contributed by atoms with van der Waals surface area (Å²) in [6, 6.07) is 0. The van der Waals surface area contributed by atoms with E-state index in [-0.39, 0.29) is 0 Å². The molecule has 0 aromatic carbocycles. The van der Waals surface area contributed by atoms with Crippen LogP contribution in [0.15, 0.2) is 0 Å². The van der Waals surface area contributed by atoms with Gasteiger partial charge in [-0.2, -0.15) is 0 Å². The molecule has 0 bridgehead atoms. The zero-order valence-corrected chi connectivity index (χ0v) is 12.3. The SMILES string of the molecule is COC(C)C(O)(OC)C(C)OC(C)C(O)(O)C(C)O. The fraction of sp³-hybridized carbons (Fsp3) is 1.00. The van der Waals surface area contributed by atoms with Crippen LogP contribution in [-0.2, 0) is 14.2 Å². The minimum Gasteiger partial charge on any atom is -0.388 e. The third-order valence-corrected chi connectivity index (χ3v) is 3.47. The van der Waals surface area contributed by atoms with Crippen molar-refractivity contribution in [1.82, 2.24) is 0 Å². The highest BCUT2D eigenvalue weighted by atomic mass is 16.7. The van der Waals surface area contributed by atoms with Gasteiger partial charge in [0, 0.05) is 14.2 Å². The van der Waals surface area contributed by atoms with Gasteiger partial charge in [-0.1, -0.05) is 0 Å². The second-order valence-corrected chi connectivity index (χ2v) is 4.71. The molecule has 0 saturated heterocycles. The summed E-state index contributed by atoms with van der Waals surface area (Å²) < 4.78 is 15.4. The molecule has 4 N–H and O–H groups in total. The molecule has 0 aliphatic heterocycles. The van der Waals surface area contributed by atoms with E-state index >= 15 is 0 Å². The topological polar surface area (TPSA) is 109 Å². The summed E-state index contributed by atoms with van der Waals surface area (Å²) in [6.07, 6.45) is -4.17. The normalized spacial score (nSPS) is 22.4. The van der Waals surface area contributed by atoms with E-state index in [2.05, 4.69) is 0 Å². The summed E-state index contributed by atoms with van der Waals surface area (Å²) in [4.78, 5) is 0. The van der Waals surface area contributed by atoms with E-state index in [0.717, 1.165) is 0 Å². The first-order valence-corrected chi connectivity index (χ1v) is 6.12. The zero-order chi connectivity index (χ0) is 15.4. The molecule has 0 aliphatic carbocycles. The quantitative estimate of drug-likeness (QED) is 0.432. The Kier molecular flexibility index (Phi) is 6.84. The number of hydrogen-bond donors (Lipinski definition) is 4. The second-order valence-electron chi connectivity index (χ2n) is 4.71. The number of methoxy groups -OCH3 is 2. The highest BCUT2D eigenvalue weighted by Crippen LogP contribution is 2.25. The average molecular weight is 282 g/mol. The molecule has 0 aliphatic rings. The molecule has 0 heterocycles. The average Bonchev–Trinajstić information content (AvgIpc) is 2.35. The Bertz CT molecular complexity index is 269. The van der Waals surface area contributed by atoms with E-state index in [9.17, 15) is 20.4 Å². The fourth-order valence-corrected chi connectivity index (χ4v) is 1.67. The third kappa shape index (κ3) is 4.09. The van der Waals surface area contributed by atoms with Gasteiger partial charge >= 0.3 is 0 Å². The Balaban J connectivity index is 4.89. The first-order chi connectivity index (χ1) is 8.53. The Morgan fingerprint density at radius 1 is 0.842 bits per heavy atom. The van der Waals surface area contributed by atoms with Crippen molar-refractivity contribution in [2.75, 3.05) is 14.2 Å². The van der Waals surface area contributed by atoms with Crippen LogP contribution in [0.25, 0.3) is 0 Å². The summed E-state index contributed by atoms with van der Waals surface area (Å²) in [5.74, 6) is -4.18. The molecule has 7 nitrogen and oxygen atoms in total. The standard InChI is InChI=1S/C12H26O7/c1-7(13)11(14,15)8(2)19-10(4)12(16,18-6)9(3)17-5/h7-10,13-16H,1-6H3. The predicted octanol–water partition coefficient (Wildman–Crippen LogP) is -0.788. The van der Waals surface area contributed by atoms with E-state index in [1.807, 2.05) is 0 Å². The summed E-state index contributed by atoms with van der Waals surface area (Å²) >= 11 is 0. The van der Waals surface area contributed by atoms with Gasteiger partial charge < -0.3 is 34.6 Å². The molecular weight excluding hydrogens is 256 g/mol. The lowest BCUT2D eigenvalue weighted by Gasteiger charge is -2.40. The number of rotatable bonds is 8. The van der Waals surface area contributed by atoms with Crippen molar-refractivity contribution in [2.24, 2.45) is 0 Å². The lowest BCUT2D eigenvalue weighted by atomic mass is 10.0. The van der Waals surface area contributed by atoms with Gasteiger partial charge in [0.15, 0.2) is 0 Å². The minimum absolute atomic E-state index is 0.696. The highest BCUT2D eigenvalue weighted by Gasteiger charge is 2.45. The molecule has 0 saturated carbocycles. The van der Waals surface area contributed by atoms with E-state index in [4.69, 9.17) is 14.2 Å². The molecule has 0 radical (unpaired) electrons. The molecular formula is C12H26O7. The monoisotopic (exact) mass is 282 g/mol. The number of aliphatic hydroxyl groups is 4. The van der Waals surface area contributed by atoms with Crippen LogP contribution < -0.4 is 0 Å². The van der Waals surface area contributed by atoms with Gasteiger partial charge in [0.1, 0.15) is 24.4 Å². The van der Waals surface area contributed by atoms with E-state index in [0.29, 0.717) is 0 Å². The predicted molar refractivity (Wildman–Crippen MR) is 67.3 cm³/mol. The van der Waals surface area contributed by atoms with E-state index < -0.39 is 36.0 Å². The first-order valence-electron chi connectivity index (χ1n) is 6.12. The lowest BCUT2D eigenvalue weighted by Crippen LogP contribution is -2.58. The van der Waals surface area contributed by atoms with Gasteiger partial charge in [-0.05, 0) is 27.7 Å². The van der Waals surface area contributed by atoms with Crippen LogP contribution in [0.4, 0.5) is 0 Å². The summed E-state index contributed by atoms with van der Waals surface area (Å²) in [7, 11) is 2.70. The summed E-state index contributed by atoms with van der Waals surface area (Å²) in [5.41, 5.74) is 0. The van der Waals surface area contributed by atoms with E-state index in [1.54, 1.807) is 6.92 Å². The van der Waals surface area contributed by atoms with Crippen LogP contribution in [0.5, 0.6) is 0 Å². The smallest absolute Gasteiger partial charge is 0.218 e. The van der Waals surface area contributed by atoms with Crippen molar-refractivity contribution >= 4 is 0 Å². The fourth-order valence-electron chi connectivity index (χ4n) is 1.67. The van der Waals surface area contributed by atoms with Gasteiger partial charge in [0.25, 0.3) is 0 Å². The van der Waals surface area contributed by atoms with Gasteiger partial charge in [-0.3, -0.25) is 0 Å². The molecule has 5 unspecified atom stereocenters. The van der Waals surface area contributed by atoms with Crippen molar-refractivity contribution < 1.29 is 34.6 Å². The van der Waals surface area contributed by atoms with Crippen molar-refractivity contribution in [1.29, 1.82) is 0 Å². The van der Waals surface area contributed by atoms with Crippen molar-refractivity contribution in [3.63, 3.8) is 0 Å². The molecule has 0 amide bonds. The lowest BCUT2D eigenvalue weighted by molar-refractivity contribution is -0.334. The number of ether oxygens (including phenoxy) is 3. The molecule has 19 heavy (non-hydrogen) atoms. The van der Waals surface area contributed by atoms with Crippen LogP contribution in [0, 0.1) is 0 Å². The van der Waals surface area contributed by atoms with Crippen LogP contribution in [-0.4, -0.2) is 70.6 Å². The minimum atomic E-state index is -2.43. The molecule has 5 atom stereocenters. The maximum atomic E-state index is 10.3. The molecule has 0 aromatic rings. The number of hydrogen-bond acceptors (Lipinski definition) is 7. The Hall–Kier alpha value is -0.280. The van der Waals surface area contributed by atoms with Gasteiger partial charge in [0.2, 0.25) is 11.6 Å². The second kappa shape index (κ2) is 6.94. The van der Waals surface area contributed by atoms with Crippen LogP contribution >= 0.6 is 0 Å². The maximum absolute atomic E-state index is 10.3. The summed E-state index contributed by atoms with van der Waals surface area (Å²) in [5, 5.41) is 38.9. The van der Waals surface area contributed by atoms with Gasteiger partial charge in [0.05, 0.1) is 0 Å². The van der Waals surface area contributed by atoms with Gasteiger partial charge in [-0.25, -0.2) is 0 Å². The Labute approximate surface area is 113 Å². The Morgan fingerprint density at radius 2 is 1.32 bits per heavy atom.